The lowest BCUT2D eigenvalue weighted by Crippen LogP contribution is -2.25. The maximum absolute atomic E-state index is 15.3. The van der Waals surface area contributed by atoms with Gasteiger partial charge in [-0.05, 0) is 47.2 Å². The second-order valence-electron chi connectivity index (χ2n) is 10.5. The van der Waals surface area contributed by atoms with E-state index < -0.39 is 11.4 Å². The second kappa shape index (κ2) is 9.57. The molecule has 4 heterocycles. The summed E-state index contributed by atoms with van der Waals surface area (Å²) in [5.41, 5.74) is 2.18. The summed E-state index contributed by atoms with van der Waals surface area (Å²) in [5.74, 6) is 0.144. The number of nitrogens with one attached hydrogen (secondary N) is 1. The van der Waals surface area contributed by atoms with Crippen LogP contribution in [0.25, 0.3) is 27.7 Å². The minimum absolute atomic E-state index is 0.0372. The number of benzene rings is 1. The molecule has 0 saturated carbocycles. The van der Waals surface area contributed by atoms with Gasteiger partial charge in [-0.25, -0.2) is 9.37 Å². The van der Waals surface area contributed by atoms with Crippen molar-refractivity contribution < 1.29 is 4.39 Å². The van der Waals surface area contributed by atoms with E-state index in [1.807, 2.05) is 33.8 Å². The van der Waals surface area contributed by atoms with Gasteiger partial charge in [-0.3, -0.25) is 14.3 Å². The standard InChI is InChI=1S/C28H29FN8O2/c1-7-19-20(17-11-22(26(38)35(5)14-17)32-23-15-36(6)34-33-23)8-9-30-25(19)37-27(39)24-16(13-31-37)10-18(12-21(24)29)28(2,3)4/h8-15,32H,7H2,1-6H3. The maximum atomic E-state index is 15.3. The third-order valence-electron chi connectivity index (χ3n) is 6.65. The third kappa shape index (κ3) is 4.71. The summed E-state index contributed by atoms with van der Waals surface area (Å²) in [6.45, 7) is 7.89. The average Bonchev–Trinajstić information content (AvgIpc) is 3.30. The average molecular weight is 529 g/mol. The fraction of sp³-hybridized carbons (Fsp3) is 0.286. The van der Waals surface area contributed by atoms with Crippen LogP contribution in [0.1, 0.15) is 38.8 Å². The van der Waals surface area contributed by atoms with Gasteiger partial charge in [0.1, 0.15) is 11.5 Å². The van der Waals surface area contributed by atoms with Gasteiger partial charge in [0.05, 0.1) is 17.8 Å². The van der Waals surface area contributed by atoms with Gasteiger partial charge in [-0.15, -0.1) is 5.10 Å². The SMILES string of the molecule is CCc1c(-c2cc(Nc3cn(C)nn3)c(=O)n(C)c2)ccnc1-n1ncc2cc(C(C)(C)C)cc(F)c2c1=O. The van der Waals surface area contributed by atoms with Crippen LogP contribution in [-0.4, -0.2) is 34.3 Å². The first kappa shape index (κ1) is 26.0. The number of pyridine rings is 2. The van der Waals surface area contributed by atoms with E-state index >= 15 is 4.39 Å². The molecule has 0 bridgehead atoms. The molecule has 5 rings (SSSR count). The number of aryl methyl sites for hydroxylation is 2. The first-order chi connectivity index (χ1) is 18.5. The molecule has 5 aromatic rings. The summed E-state index contributed by atoms with van der Waals surface area (Å²) in [6.07, 6.45) is 6.95. The molecule has 0 spiro atoms. The third-order valence-corrected chi connectivity index (χ3v) is 6.65. The maximum Gasteiger partial charge on any atom is 0.283 e. The Labute approximate surface area is 223 Å². The van der Waals surface area contributed by atoms with E-state index in [4.69, 9.17) is 0 Å². The molecule has 1 aromatic carbocycles. The number of hydrogen-bond donors (Lipinski definition) is 1. The van der Waals surface area contributed by atoms with E-state index in [1.54, 1.807) is 44.8 Å². The normalized spacial score (nSPS) is 11.8. The molecular formula is C28H29FN8O2. The molecule has 0 fully saturated rings. The van der Waals surface area contributed by atoms with E-state index in [9.17, 15) is 9.59 Å². The zero-order valence-electron chi connectivity index (χ0n) is 22.7. The monoisotopic (exact) mass is 528 g/mol. The van der Waals surface area contributed by atoms with E-state index in [2.05, 4.69) is 25.7 Å². The first-order valence-corrected chi connectivity index (χ1v) is 12.5. The second-order valence-corrected chi connectivity index (χ2v) is 10.5. The number of hydrogen-bond acceptors (Lipinski definition) is 7. The molecule has 0 aliphatic carbocycles. The molecule has 0 atom stereocenters. The van der Waals surface area contributed by atoms with E-state index in [0.717, 1.165) is 26.9 Å². The Morgan fingerprint density at radius 1 is 1.05 bits per heavy atom. The van der Waals surface area contributed by atoms with Crippen molar-refractivity contribution in [2.75, 3.05) is 5.32 Å². The lowest BCUT2D eigenvalue weighted by molar-refractivity contribution is 0.576. The lowest BCUT2D eigenvalue weighted by Gasteiger charge is -2.20. The van der Waals surface area contributed by atoms with Crippen molar-refractivity contribution in [1.29, 1.82) is 0 Å². The van der Waals surface area contributed by atoms with Crippen LogP contribution in [0.5, 0.6) is 0 Å². The Balaban J connectivity index is 1.66. The number of nitrogens with zero attached hydrogens (tertiary/aromatic N) is 7. The minimum Gasteiger partial charge on any atom is -0.333 e. The zero-order chi connectivity index (χ0) is 28.1. The topological polar surface area (TPSA) is 113 Å². The highest BCUT2D eigenvalue weighted by atomic mass is 19.1. The van der Waals surface area contributed by atoms with Crippen LogP contribution in [0.15, 0.2) is 58.6 Å². The predicted octanol–water partition coefficient (Wildman–Crippen LogP) is 4.02. The van der Waals surface area contributed by atoms with Crippen LogP contribution in [0.3, 0.4) is 0 Å². The molecule has 0 radical (unpaired) electrons. The predicted molar refractivity (Wildman–Crippen MR) is 148 cm³/mol. The molecular weight excluding hydrogens is 499 g/mol. The minimum atomic E-state index is -0.592. The number of fused-ring (bicyclic) bond motifs is 1. The first-order valence-electron chi connectivity index (χ1n) is 12.5. The van der Waals surface area contributed by atoms with Gasteiger partial charge in [0.2, 0.25) is 0 Å². The van der Waals surface area contributed by atoms with E-state index in [0.29, 0.717) is 29.1 Å². The van der Waals surface area contributed by atoms with Crippen molar-refractivity contribution >= 4 is 22.3 Å². The van der Waals surface area contributed by atoms with Crippen molar-refractivity contribution in [2.24, 2.45) is 14.1 Å². The molecule has 39 heavy (non-hydrogen) atoms. The highest BCUT2D eigenvalue weighted by molar-refractivity contribution is 5.83. The summed E-state index contributed by atoms with van der Waals surface area (Å²) < 4.78 is 19.4. The van der Waals surface area contributed by atoms with Gasteiger partial charge < -0.3 is 9.88 Å². The van der Waals surface area contributed by atoms with E-state index in [-0.39, 0.29) is 16.4 Å². The fourth-order valence-corrected chi connectivity index (χ4v) is 4.59. The largest absolute Gasteiger partial charge is 0.333 e. The Kier molecular flexibility index (Phi) is 6.37. The van der Waals surface area contributed by atoms with Crippen LogP contribution >= 0.6 is 0 Å². The van der Waals surface area contributed by atoms with Gasteiger partial charge in [0.25, 0.3) is 11.1 Å². The molecule has 0 aliphatic rings. The number of aromatic nitrogens is 7. The van der Waals surface area contributed by atoms with Crippen molar-refractivity contribution in [3.05, 3.63) is 86.7 Å². The van der Waals surface area contributed by atoms with Gasteiger partial charge in [0, 0.05) is 43.0 Å². The van der Waals surface area contributed by atoms with Crippen LogP contribution in [0, 0.1) is 5.82 Å². The molecule has 1 N–H and O–H groups in total. The van der Waals surface area contributed by atoms with Crippen LogP contribution in [0.4, 0.5) is 15.9 Å². The smallest absolute Gasteiger partial charge is 0.283 e. The van der Waals surface area contributed by atoms with E-state index in [1.165, 1.54) is 21.5 Å². The molecule has 0 amide bonds. The molecule has 0 saturated heterocycles. The quantitative estimate of drug-likeness (QED) is 0.367. The molecule has 0 aliphatic heterocycles. The summed E-state index contributed by atoms with van der Waals surface area (Å²) in [5, 5.41) is 15.7. The molecule has 0 unspecified atom stereocenters. The summed E-state index contributed by atoms with van der Waals surface area (Å²) in [6, 6.07) is 6.75. The molecule has 10 nitrogen and oxygen atoms in total. The van der Waals surface area contributed by atoms with Gasteiger partial charge in [-0.2, -0.15) is 9.78 Å². The van der Waals surface area contributed by atoms with Crippen LogP contribution in [0.2, 0.25) is 0 Å². The highest BCUT2D eigenvalue weighted by Crippen LogP contribution is 2.30. The Morgan fingerprint density at radius 3 is 2.49 bits per heavy atom. The van der Waals surface area contributed by atoms with Crippen LogP contribution in [-0.2, 0) is 25.9 Å². The summed E-state index contributed by atoms with van der Waals surface area (Å²) in [4.78, 5) is 30.8. The number of rotatable bonds is 5. The zero-order valence-corrected chi connectivity index (χ0v) is 22.7. The van der Waals surface area contributed by atoms with Crippen molar-refractivity contribution in [3.8, 4) is 16.9 Å². The lowest BCUT2D eigenvalue weighted by atomic mass is 9.86. The summed E-state index contributed by atoms with van der Waals surface area (Å²) >= 11 is 0. The number of halogens is 1. The molecule has 11 heteroatoms. The van der Waals surface area contributed by atoms with Gasteiger partial charge in [-0.1, -0.05) is 32.9 Å². The van der Waals surface area contributed by atoms with Crippen molar-refractivity contribution in [3.63, 3.8) is 0 Å². The Hall–Kier alpha value is -4.67. The van der Waals surface area contributed by atoms with Gasteiger partial charge >= 0.3 is 0 Å². The Morgan fingerprint density at radius 2 is 1.82 bits per heavy atom. The van der Waals surface area contributed by atoms with Crippen molar-refractivity contribution in [2.45, 2.75) is 39.5 Å². The summed E-state index contributed by atoms with van der Waals surface area (Å²) in [7, 11) is 3.39. The van der Waals surface area contributed by atoms with Gasteiger partial charge in [0.15, 0.2) is 11.6 Å². The number of anilines is 2. The highest BCUT2D eigenvalue weighted by Gasteiger charge is 2.21. The molecule has 4 aromatic heterocycles. The van der Waals surface area contributed by atoms with Crippen LogP contribution < -0.4 is 16.4 Å². The van der Waals surface area contributed by atoms with Crippen molar-refractivity contribution in [1.82, 2.24) is 34.3 Å². The Bertz CT molecular complexity index is 1850. The fourth-order valence-electron chi connectivity index (χ4n) is 4.59. The molecule has 200 valence electrons.